The number of thioether (sulfide) groups is 1. The van der Waals surface area contributed by atoms with E-state index in [-0.39, 0.29) is 17.7 Å². The number of carbonyl (C=O) groups excluding carboxylic acids is 2. The van der Waals surface area contributed by atoms with Crippen molar-refractivity contribution in [3.63, 3.8) is 0 Å². The molecule has 20 heavy (non-hydrogen) atoms. The van der Waals surface area contributed by atoms with E-state index in [1.807, 2.05) is 37.4 Å². The molecule has 0 N–H and O–H groups in total. The summed E-state index contributed by atoms with van der Waals surface area (Å²) in [5, 5.41) is 0. The fraction of sp³-hybridized carbons (Fsp3) is 0.467. The minimum Gasteiger partial charge on any atom is -0.346 e. The van der Waals surface area contributed by atoms with Gasteiger partial charge in [-0.15, -0.1) is 11.8 Å². The third-order valence-electron chi connectivity index (χ3n) is 3.71. The molecule has 0 bridgehead atoms. The lowest BCUT2D eigenvalue weighted by atomic mass is 10.1. The van der Waals surface area contributed by atoms with Crippen LogP contribution in [-0.4, -0.2) is 43.1 Å². The summed E-state index contributed by atoms with van der Waals surface area (Å²) in [6.07, 6.45) is 2.33. The monoisotopic (exact) mass is 292 g/mol. The van der Waals surface area contributed by atoms with Gasteiger partial charge in [-0.05, 0) is 37.4 Å². The van der Waals surface area contributed by atoms with Crippen LogP contribution in [0.3, 0.4) is 0 Å². The van der Waals surface area contributed by atoms with Gasteiger partial charge in [0.15, 0.2) is 0 Å². The minimum atomic E-state index is -0.215. The van der Waals surface area contributed by atoms with E-state index < -0.39 is 0 Å². The maximum atomic E-state index is 12.1. The molecule has 1 aliphatic heterocycles. The van der Waals surface area contributed by atoms with Crippen molar-refractivity contribution in [2.45, 2.75) is 18.2 Å². The van der Waals surface area contributed by atoms with Crippen LogP contribution in [0, 0.1) is 5.92 Å². The number of hydrogen-bond donors (Lipinski definition) is 0. The van der Waals surface area contributed by atoms with Crippen LogP contribution in [0.4, 0.5) is 5.69 Å². The standard InChI is InChI=1S/C15H20N2O2S/c1-4-16(2)15(19)11-9-14(18)17(10-11)12-5-7-13(20-3)8-6-12/h5-8,11H,4,9-10H2,1-3H3. The Morgan fingerprint density at radius 3 is 2.60 bits per heavy atom. The number of carbonyl (C=O) groups is 2. The molecule has 0 aromatic heterocycles. The summed E-state index contributed by atoms with van der Waals surface area (Å²) in [4.78, 5) is 28.8. The first-order valence-electron chi connectivity index (χ1n) is 6.76. The summed E-state index contributed by atoms with van der Waals surface area (Å²) in [5.41, 5.74) is 0.877. The Balaban J connectivity index is 2.10. The Morgan fingerprint density at radius 1 is 1.40 bits per heavy atom. The highest BCUT2D eigenvalue weighted by atomic mass is 32.2. The molecule has 1 aromatic rings. The van der Waals surface area contributed by atoms with E-state index in [0.29, 0.717) is 19.5 Å². The van der Waals surface area contributed by atoms with Gasteiger partial charge in [0.2, 0.25) is 11.8 Å². The predicted molar refractivity (Wildman–Crippen MR) is 82.0 cm³/mol. The van der Waals surface area contributed by atoms with Crippen molar-refractivity contribution >= 4 is 29.3 Å². The molecule has 1 fully saturated rings. The zero-order valence-corrected chi connectivity index (χ0v) is 12.9. The lowest BCUT2D eigenvalue weighted by Gasteiger charge is -2.20. The molecule has 1 saturated heterocycles. The van der Waals surface area contributed by atoms with Crippen LogP contribution in [0.1, 0.15) is 13.3 Å². The van der Waals surface area contributed by atoms with Gasteiger partial charge in [-0.25, -0.2) is 0 Å². The van der Waals surface area contributed by atoms with Gasteiger partial charge < -0.3 is 9.80 Å². The molecule has 1 heterocycles. The fourth-order valence-corrected chi connectivity index (χ4v) is 2.76. The smallest absolute Gasteiger partial charge is 0.227 e. The highest BCUT2D eigenvalue weighted by Gasteiger charge is 2.36. The fourth-order valence-electron chi connectivity index (χ4n) is 2.35. The molecule has 1 atom stereocenters. The molecule has 108 valence electrons. The highest BCUT2D eigenvalue weighted by molar-refractivity contribution is 7.98. The van der Waals surface area contributed by atoms with Gasteiger partial charge in [0.1, 0.15) is 0 Å². The number of anilines is 1. The molecule has 0 saturated carbocycles. The second-order valence-electron chi connectivity index (χ2n) is 4.96. The van der Waals surface area contributed by atoms with Crippen LogP contribution < -0.4 is 4.90 Å². The van der Waals surface area contributed by atoms with Gasteiger partial charge in [0.25, 0.3) is 0 Å². The van der Waals surface area contributed by atoms with Crippen molar-refractivity contribution in [1.82, 2.24) is 4.90 Å². The van der Waals surface area contributed by atoms with E-state index in [0.717, 1.165) is 5.69 Å². The second kappa shape index (κ2) is 6.31. The summed E-state index contributed by atoms with van der Waals surface area (Å²) in [7, 11) is 1.78. The summed E-state index contributed by atoms with van der Waals surface area (Å²) < 4.78 is 0. The van der Waals surface area contributed by atoms with E-state index in [1.54, 1.807) is 28.6 Å². The Morgan fingerprint density at radius 2 is 2.05 bits per heavy atom. The SMILES string of the molecule is CCN(C)C(=O)C1CC(=O)N(c2ccc(SC)cc2)C1. The van der Waals surface area contributed by atoms with Gasteiger partial charge in [-0.3, -0.25) is 9.59 Å². The molecule has 0 radical (unpaired) electrons. The molecule has 1 aromatic carbocycles. The zero-order valence-electron chi connectivity index (χ0n) is 12.1. The first kappa shape index (κ1) is 14.9. The molecule has 0 aliphatic carbocycles. The molecule has 0 spiro atoms. The lowest BCUT2D eigenvalue weighted by molar-refractivity contribution is -0.134. The largest absolute Gasteiger partial charge is 0.346 e. The maximum absolute atomic E-state index is 12.1. The predicted octanol–water partition coefficient (Wildman–Crippen LogP) is 2.24. The molecule has 1 aliphatic rings. The van der Waals surface area contributed by atoms with E-state index in [4.69, 9.17) is 0 Å². The second-order valence-corrected chi connectivity index (χ2v) is 5.84. The first-order chi connectivity index (χ1) is 9.56. The number of hydrogen-bond acceptors (Lipinski definition) is 3. The number of benzene rings is 1. The van der Waals surface area contributed by atoms with Gasteiger partial charge in [-0.1, -0.05) is 0 Å². The lowest BCUT2D eigenvalue weighted by Crippen LogP contribution is -2.34. The van der Waals surface area contributed by atoms with Crippen LogP contribution in [-0.2, 0) is 9.59 Å². The van der Waals surface area contributed by atoms with E-state index >= 15 is 0 Å². The van der Waals surface area contributed by atoms with Gasteiger partial charge >= 0.3 is 0 Å². The van der Waals surface area contributed by atoms with Crippen molar-refractivity contribution in [3.05, 3.63) is 24.3 Å². The number of amides is 2. The van der Waals surface area contributed by atoms with Crippen LogP contribution in [0.25, 0.3) is 0 Å². The van der Waals surface area contributed by atoms with Crippen molar-refractivity contribution in [2.75, 3.05) is 31.3 Å². The molecule has 2 amide bonds. The van der Waals surface area contributed by atoms with Crippen molar-refractivity contribution in [2.24, 2.45) is 5.92 Å². The van der Waals surface area contributed by atoms with Crippen LogP contribution in [0.15, 0.2) is 29.2 Å². The molecule has 1 unspecified atom stereocenters. The Labute approximate surface area is 124 Å². The third-order valence-corrected chi connectivity index (χ3v) is 4.45. The topological polar surface area (TPSA) is 40.6 Å². The van der Waals surface area contributed by atoms with Gasteiger partial charge in [0, 0.05) is 37.1 Å². The van der Waals surface area contributed by atoms with Gasteiger partial charge in [-0.2, -0.15) is 0 Å². The minimum absolute atomic E-state index is 0.0322. The molecule has 4 nitrogen and oxygen atoms in total. The van der Waals surface area contributed by atoms with Crippen molar-refractivity contribution < 1.29 is 9.59 Å². The zero-order chi connectivity index (χ0) is 14.7. The molecular formula is C15H20N2O2S. The summed E-state index contributed by atoms with van der Waals surface area (Å²) >= 11 is 1.67. The summed E-state index contributed by atoms with van der Waals surface area (Å²) in [6.45, 7) is 3.10. The average Bonchev–Trinajstić information content (AvgIpc) is 2.87. The van der Waals surface area contributed by atoms with Crippen LogP contribution in [0.2, 0.25) is 0 Å². The van der Waals surface area contributed by atoms with Crippen LogP contribution in [0.5, 0.6) is 0 Å². The van der Waals surface area contributed by atoms with Crippen molar-refractivity contribution in [3.8, 4) is 0 Å². The Hall–Kier alpha value is -1.49. The molecular weight excluding hydrogens is 272 g/mol. The Bertz CT molecular complexity index is 501. The van der Waals surface area contributed by atoms with Crippen LogP contribution >= 0.6 is 11.8 Å². The quantitative estimate of drug-likeness (QED) is 0.799. The number of nitrogens with zero attached hydrogens (tertiary/aromatic N) is 2. The Kier molecular flexibility index (Phi) is 4.70. The van der Waals surface area contributed by atoms with Crippen molar-refractivity contribution in [1.29, 1.82) is 0 Å². The maximum Gasteiger partial charge on any atom is 0.227 e. The average molecular weight is 292 g/mol. The normalized spacial score (nSPS) is 18.4. The van der Waals surface area contributed by atoms with E-state index in [9.17, 15) is 9.59 Å². The summed E-state index contributed by atoms with van der Waals surface area (Å²) in [6, 6.07) is 7.89. The third kappa shape index (κ3) is 2.98. The molecule has 5 heteroatoms. The first-order valence-corrected chi connectivity index (χ1v) is 7.98. The summed E-state index contributed by atoms with van der Waals surface area (Å²) in [5.74, 6) is -0.124. The highest BCUT2D eigenvalue weighted by Crippen LogP contribution is 2.27. The van der Waals surface area contributed by atoms with E-state index in [1.165, 1.54) is 4.90 Å². The van der Waals surface area contributed by atoms with E-state index in [2.05, 4.69) is 0 Å². The van der Waals surface area contributed by atoms with Gasteiger partial charge in [0.05, 0.1) is 5.92 Å². The molecule has 2 rings (SSSR count). The number of rotatable bonds is 4.